The van der Waals surface area contributed by atoms with Gasteiger partial charge in [-0.3, -0.25) is 10.1 Å². The highest BCUT2D eigenvalue weighted by atomic mass is 79.9. The minimum atomic E-state index is -0.687. The Bertz CT molecular complexity index is 719. The lowest BCUT2D eigenvalue weighted by Crippen LogP contribution is -2.35. The van der Waals surface area contributed by atoms with Gasteiger partial charge in [0.15, 0.2) is 0 Å². The fourth-order valence-corrected chi connectivity index (χ4v) is 2.73. The van der Waals surface area contributed by atoms with Crippen molar-refractivity contribution in [2.24, 2.45) is 0 Å². The average molecular weight is 391 g/mol. The van der Waals surface area contributed by atoms with Crippen LogP contribution in [0.3, 0.4) is 0 Å². The van der Waals surface area contributed by atoms with Gasteiger partial charge >= 0.3 is 5.97 Å². The SMILES string of the molecule is COC(=O)[C@@H](NCC(=O)Nc1ccc(Br)cc1C)c1ccccc1. The molecule has 6 heteroatoms. The van der Waals surface area contributed by atoms with E-state index >= 15 is 0 Å². The van der Waals surface area contributed by atoms with Gasteiger partial charge in [0, 0.05) is 10.2 Å². The maximum Gasteiger partial charge on any atom is 0.327 e. The van der Waals surface area contributed by atoms with Crippen LogP contribution >= 0.6 is 15.9 Å². The van der Waals surface area contributed by atoms with Gasteiger partial charge < -0.3 is 10.1 Å². The lowest BCUT2D eigenvalue weighted by Gasteiger charge is -2.17. The second-order valence-electron chi connectivity index (χ2n) is 5.26. The van der Waals surface area contributed by atoms with Crippen LogP contribution < -0.4 is 10.6 Å². The van der Waals surface area contributed by atoms with E-state index in [-0.39, 0.29) is 12.5 Å². The maximum atomic E-state index is 12.2. The zero-order valence-electron chi connectivity index (χ0n) is 13.5. The molecule has 0 heterocycles. The summed E-state index contributed by atoms with van der Waals surface area (Å²) in [5.41, 5.74) is 2.43. The number of aryl methyl sites for hydroxylation is 1. The first-order valence-electron chi connectivity index (χ1n) is 7.43. The first-order valence-corrected chi connectivity index (χ1v) is 8.22. The van der Waals surface area contributed by atoms with Crippen molar-refractivity contribution in [3.8, 4) is 0 Å². The minimum Gasteiger partial charge on any atom is -0.468 e. The molecule has 0 aliphatic rings. The fourth-order valence-electron chi connectivity index (χ4n) is 2.26. The molecule has 2 aromatic carbocycles. The van der Waals surface area contributed by atoms with E-state index in [0.29, 0.717) is 0 Å². The molecule has 2 N–H and O–H groups in total. The molecular weight excluding hydrogens is 372 g/mol. The Hall–Kier alpha value is -2.18. The Balaban J connectivity index is 2.01. The van der Waals surface area contributed by atoms with Crippen LogP contribution in [-0.2, 0) is 14.3 Å². The molecule has 0 fully saturated rings. The summed E-state index contributed by atoms with van der Waals surface area (Å²) < 4.78 is 5.76. The lowest BCUT2D eigenvalue weighted by atomic mass is 10.1. The van der Waals surface area contributed by atoms with E-state index in [1.165, 1.54) is 7.11 Å². The van der Waals surface area contributed by atoms with Crippen molar-refractivity contribution < 1.29 is 14.3 Å². The number of hydrogen-bond donors (Lipinski definition) is 2. The molecule has 0 aliphatic carbocycles. The molecule has 0 radical (unpaired) electrons. The number of hydrogen-bond acceptors (Lipinski definition) is 4. The zero-order valence-corrected chi connectivity index (χ0v) is 15.1. The number of nitrogens with one attached hydrogen (secondary N) is 2. The number of rotatable bonds is 6. The quantitative estimate of drug-likeness (QED) is 0.743. The Labute approximate surface area is 149 Å². The van der Waals surface area contributed by atoms with Gasteiger partial charge in [-0.1, -0.05) is 46.3 Å². The van der Waals surface area contributed by atoms with Crippen LogP contribution in [0.2, 0.25) is 0 Å². The summed E-state index contributed by atoms with van der Waals surface area (Å²) in [5, 5.41) is 5.77. The van der Waals surface area contributed by atoms with Gasteiger partial charge in [-0.25, -0.2) is 4.79 Å². The Morgan fingerprint density at radius 3 is 2.50 bits per heavy atom. The van der Waals surface area contributed by atoms with Gasteiger partial charge in [0.05, 0.1) is 13.7 Å². The Morgan fingerprint density at radius 1 is 1.17 bits per heavy atom. The molecule has 0 unspecified atom stereocenters. The molecule has 2 aromatic rings. The minimum absolute atomic E-state index is 0.00976. The van der Waals surface area contributed by atoms with E-state index in [0.717, 1.165) is 21.3 Å². The van der Waals surface area contributed by atoms with Gasteiger partial charge in [-0.15, -0.1) is 0 Å². The molecule has 1 atom stereocenters. The second kappa shape index (κ2) is 8.61. The van der Waals surface area contributed by atoms with Crippen molar-refractivity contribution in [2.45, 2.75) is 13.0 Å². The molecule has 126 valence electrons. The highest BCUT2D eigenvalue weighted by molar-refractivity contribution is 9.10. The Morgan fingerprint density at radius 2 is 1.88 bits per heavy atom. The number of amides is 1. The lowest BCUT2D eigenvalue weighted by molar-refractivity contribution is -0.143. The van der Waals surface area contributed by atoms with Crippen LogP contribution in [0.5, 0.6) is 0 Å². The molecule has 0 saturated carbocycles. The van der Waals surface area contributed by atoms with Crippen molar-refractivity contribution in [1.29, 1.82) is 0 Å². The normalized spacial score (nSPS) is 11.6. The number of carbonyl (C=O) groups excluding carboxylic acids is 2. The summed E-state index contributed by atoms with van der Waals surface area (Å²) >= 11 is 3.39. The molecule has 0 aliphatic heterocycles. The molecule has 0 bridgehead atoms. The number of methoxy groups -OCH3 is 1. The van der Waals surface area contributed by atoms with Crippen molar-refractivity contribution >= 4 is 33.5 Å². The van der Waals surface area contributed by atoms with Gasteiger partial charge in [0.1, 0.15) is 6.04 Å². The number of halogens is 1. The highest BCUT2D eigenvalue weighted by Gasteiger charge is 2.21. The third-order valence-corrected chi connectivity index (χ3v) is 3.99. The largest absolute Gasteiger partial charge is 0.468 e. The van der Waals surface area contributed by atoms with Gasteiger partial charge in [-0.05, 0) is 36.2 Å². The standard InChI is InChI=1S/C18H19BrN2O3/c1-12-10-14(19)8-9-15(12)21-16(22)11-20-17(18(23)24-2)13-6-4-3-5-7-13/h3-10,17,20H,11H2,1-2H3,(H,21,22)/t17-/m0/s1. The number of anilines is 1. The van der Waals surface area contributed by atoms with Crippen molar-refractivity contribution in [3.63, 3.8) is 0 Å². The topological polar surface area (TPSA) is 67.4 Å². The predicted molar refractivity (Wildman–Crippen MR) is 96.7 cm³/mol. The molecule has 2 rings (SSSR count). The van der Waals surface area contributed by atoms with E-state index in [1.807, 2.05) is 55.5 Å². The Kier molecular flexibility index (Phi) is 6.52. The molecule has 5 nitrogen and oxygen atoms in total. The molecular formula is C18H19BrN2O3. The van der Waals surface area contributed by atoms with Crippen LogP contribution in [0.1, 0.15) is 17.2 Å². The van der Waals surface area contributed by atoms with Crippen LogP contribution in [-0.4, -0.2) is 25.5 Å². The monoisotopic (exact) mass is 390 g/mol. The van der Waals surface area contributed by atoms with Crippen molar-refractivity contribution in [3.05, 3.63) is 64.1 Å². The van der Waals surface area contributed by atoms with Gasteiger partial charge in [0.2, 0.25) is 5.91 Å². The summed E-state index contributed by atoms with van der Waals surface area (Å²) in [6.07, 6.45) is 0. The number of esters is 1. The third kappa shape index (κ3) is 4.91. The van der Waals surface area contributed by atoms with E-state index in [9.17, 15) is 9.59 Å². The van der Waals surface area contributed by atoms with Crippen molar-refractivity contribution in [2.75, 3.05) is 19.0 Å². The number of carbonyl (C=O) groups is 2. The van der Waals surface area contributed by atoms with Crippen LogP contribution in [0.15, 0.2) is 53.0 Å². The fraction of sp³-hybridized carbons (Fsp3) is 0.222. The first-order chi connectivity index (χ1) is 11.5. The van der Waals surface area contributed by atoms with Gasteiger partial charge in [-0.2, -0.15) is 0 Å². The third-order valence-electron chi connectivity index (χ3n) is 3.50. The summed E-state index contributed by atoms with van der Waals surface area (Å²) in [7, 11) is 1.32. The molecule has 0 aromatic heterocycles. The summed E-state index contributed by atoms with van der Waals surface area (Å²) in [5.74, 6) is -0.668. The highest BCUT2D eigenvalue weighted by Crippen LogP contribution is 2.20. The van der Waals surface area contributed by atoms with Gasteiger partial charge in [0.25, 0.3) is 0 Å². The van der Waals surface area contributed by atoms with E-state index < -0.39 is 12.0 Å². The second-order valence-corrected chi connectivity index (χ2v) is 6.17. The smallest absolute Gasteiger partial charge is 0.327 e. The first kappa shape index (κ1) is 18.2. The maximum absolute atomic E-state index is 12.2. The van der Waals surface area contributed by atoms with Crippen LogP contribution in [0.25, 0.3) is 0 Å². The molecule has 0 saturated heterocycles. The number of benzene rings is 2. The summed E-state index contributed by atoms with van der Waals surface area (Å²) in [6, 6.07) is 14.1. The molecule has 0 spiro atoms. The predicted octanol–water partition coefficient (Wildman–Crippen LogP) is 3.20. The van der Waals surface area contributed by atoms with Crippen molar-refractivity contribution in [1.82, 2.24) is 5.32 Å². The van der Waals surface area contributed by atoms with E-state index in [4.69, 9.17) is 4.74 Å². The van der Waals surface area contributed by atoms with E-state index in [2.05, 4.69) is 26.6 Å². The zero-order chi connectivity index (χ0) is 17.5. The van der Waals surface area contributed by atoms with E-state index in [1.54, 1.807) is 0 Å². The molecule has 24 heavy (non-hydrogen) atoms. The average Bonchev–Trinajstić information content (AvgIpc) is 2.58. The summed E-state index contributed by atoms with van der Waals surface area (Å²) in [4.78, 5) is 24.1. The summed E-state index contributed by atoms with van der Waals surface area (Å²) in [6.45, 7) is 1.90. The number of ether oxygens (including phenoxy) is 1. The molecule has 1 amide bonds. The van der Waals surface area contributed by atoms with Crippen LogP contribution in [0, 0.1) is 6.92 Å². The van der Waals surface area contributed by atoms with Crippen LogP contribution in [0.4, 0.5) is 5.69 Å².